The van der Waals surface area contributed by atoms with Gasteiger partial charge in [-0.05, 0) is 41.2 Å². The van der Waals surface area contributed by atoms with Crippen LogP contribution in [-0.2, 0) is 9.31 Å². The number of carbonyl (C=O) groups is 1. The van der Waals surface area contributed by atoms with Crippen molar-refractivity contribution < 1.29 is 19.2 Å². The molecule has 0 aromatic carbocycles. The van der Waals surface area contributed by atoms with Gasteiger partial charge in [0.25, 0.3) is 0 Å². The first kappa shape index (κ1) is 18.0. The van der Waals surface area contributed by atoms with E-state index >= 15 is 0 Å². The minimum Gasteiger partial charge on any atom is -0.465 e. The Morgan fingerprint density at radius 1 is 1.24 bits per heavy atom. The van der Waals surface area contributed by atoms with Gasteiger partial charge < -0.3 is 24.6 Å². The zero-order valence-corrected chi connectivity index (χ0v) is 13.7. The lowest BCUT2D eigenvalue weighted by Crippen LogP contribution is -2.41. The zero-order chi connectivity index (χ0) is 16.1. The molecule has 1 fully saturated rings. The maximum absolute atomic E-state index is 10.3. The molecular formula is C14H27BN2O4. The highest BCUT2D eigenvalue weighted by atomic mass is 16.7. The molecule has 1 aliphatic rings. The Balaban J connectivity index is 2.23. The van der Waals surface area contributed by atoms with E-state index in [4.69, 9.17) is 14.4 Å². The molecule has 0 unspecified atom stereocenters. The average Bonchev–Trinajstić information content (AvgIpc) is 2.53. The van der Waals surface area contributed by atoms with Crippen LogP contribution in [-0.4, -0.2) is 61.1 Å². The molecule has 0 aromatic rings. The average molecular weight is 298 g/mol. The second kappa shape index (κ2) is 7.29. The molecule has 21 heavy (non-hydrogen) atoms. The van der Waals surface area contributed by atoms with Crippen molar-refractivity contribution in [3.8, 4) is 0 Å². The number of hydrogen-bond donors (Lipinski definition) is 2. The monoisotopic (exact) mass is 298 g/mol. The number of hydrogen-bond acceptors (Lipinski definition) is 4. The molecule has 120 valence electrons. The SMILES string of the molecule is CN(CC/C=C/B1OC(C)(C)C(C)(C)O1)CCNC(=O)O. The summed E-state index contributed by atoms with van der Waals surface area (Å²) in [6.07, 6.45) is 1.93. The van der Waals surface area contributed by atoms with Gasteiger partial charge in [0.05, 0.1) is 11.2 Å². The number of nitrogens with zero attached hydrogens (tertiary/aromatic N) is 1. The standard InChI is InChI=1S/C14H27BN2O4/c1-13(2)14(3,4)21-15(20-13)8-6-7-10-17(5)11-9-16-12(18)19/h6,8,16H,7,9-11H2,1-5H3,(H,18,19)/b8-6+. The Morgan fingerprint density at radius 2 is 1.81 bits per heavy atom. The lowest BCUT2D eigenvalue weighted by Gasteiger charge is -2.32. The Labute approximate surface area is 127 Å². The fraction of sp³-hybridized carbons (Fsp3) is 0.786. The van der Waals surface area contributed by atoms with Gasteiger partial charge in [-0.25, -0.2) is 4.79 Å². The quantitative estimate of drug-likeness (QED) is 0.701. The number of carboxylic acid groups (broad SMARTS) is 1. The highest BCUT2D eigenvalue weighted by Crippen LogP contribution is 2.36. The number of amides is 1. The predicted octanol–water partition coefficient (Wildman–Crippen LogP) is 1.76. The van der Waals surface area contributed by atoms with Crippen molar-refractivity contribution in [1.29, 1.82) is 0 Å². The highest BCUT2D eigenvalue weighted by molar-refractivity contribution is 6.51. The summed E-state index contributed by atoms with van der Waals surface area (Å²) < 4.78 is 11.7. The summed E-state index contributed by atoms with van der Waals surface area (Å²) in [6.45, 7) is 10.1. The van der Waals surface area contributed by atoms with E-state index in [0.29, 0.717) is 13.1 Å². The summed E-state index contributed by atoms with van der Waals surface area (Å²) in [5, 5.41) is 10.8. The van der Waals surface area contributed by atoms with Crippen molar-refractivity contribution in [2.75, 3.05) is 26.7 Å². The van der Waals surface area contributed by atoms with E-state index in [1.54, 1.807) is 0 Å². The van der Waals surface area contributed by atoms with E-state index in [2.05, 4.69) is 10.2 Å². The summed E-state index contributed by atoms with van der Waals surface area (Å²) in [5.41, 5.74) is -0.609. The van der Waals surface area contributed by atoms with Gasteiger partial charge in [0.2, 0.25) is 0 Å². The second-order valence-electron chi connectivity index (χ2n) is 6.38. The van der Waals surface area contributed by atoms with Crippen LogP contribution in [0.3, 0.4) is 0 Å². The van der Waals surface area contributed by atoms with Crippen molar-refractivity contribution in [1.82, 2.24) is 10.2 Å². The third-order valence-corrected chi connectivity index (χ3v) is 4.01. The Kier molecular flexibility index (Phi) is 6.25. The third kappa shape index (κ3) is 5.69. The molecule has 0 aromatic heterocycles. The van der Waals surface area contributed by atoms with Gasteiger partial charge in [-0.15, -0.1) is 0 Å². The molecule has 1 rings (SSSR count). The van der Waals surface area contributed by atoms with Crippen LogP contribution in [0.5, 0.6) is 0 Å². The second-order valence-corrected chi connectivity index (χ2v) is 6.38. The zero-order valence-electron chi connectivity index (χ0n) is 13.7. The van der Waals surface area contributed by atoms with Crippen molar-refractivity contribution in [2.45, 2.75) is 45.3 Å². The molecule has 2 N–H and O–H groups in total. The van der Waals surface area contributed by atoms with Crippen LogP contribution in [0.1, 0.15) is 34.1 Å². The smallest absolute Gasteiger partial charge is 0.465 e. The lowest BCUT2D eigenvalue weighted by molar-refractivity contribution is 0.00578. The van der Waals surface area contributed by atoms with E-state index in [0.717, 1.165) is 13.0 Å². The van der Waals surface area contributed by atoms with E-state index in [9.17, 15) is 4.79 Å². The van der Waals surface area contributed by atoms with Gasteiger partial charge in [0.1, 0.15) is 0 Å². The van der Waals surface area contributed by atoms with E-state index < -0.39 is 6.09 Å². The third-order valence-electron chi connectivity index (χ3n) is 4.01. The maximum atomic E-state index is 10.3. The van der Waals surface area contributed by atoms with E-state index in [1.165, 1.54) is 0 Å². The fourth-order valence-electron chi connectivity index (χ4n) is 1.93. The topological polar surface area (TPSA) is 71.0 Å². The normalized spacial score (nSPS) is 20.4. The number of likely N-dealkylation sites (N-methyl/N-ethyl adjacent to an activating group) is 1. The van der Waals surface area contributed by atoms with Crippen LogP contribution >= 0.6 is 0 Å². The van der Waals surface area contributed by atoms with Crippen LogP contribution in [0, 0.1) is 0 Å². The maximum Gasteiger partial charge on any atom is 0.486 e. The van der Waals surface area contributed by atoms with Crippen molar-refractivity contribution in [2.24, 2.45) is 0 Å². The summed E-state index contributed by atoms with van der Waals surface area (Å²) in [6, 6.07) is 0. The van der Waals surface area contributed by atoms with Crippen molar-refractivity contribution in [3.63, 3.8) is 0 Å². The lowest BCUT2D eigenvalue weighted by atomic mass is 9.90. The summed E-state index contributed by atoms with van der Waals surface area (Å²) in [4.78, 5) is 12.4. The molecule has 0 spiro atoms. The summed E-state index contributed by atoms with van der Waals surface area (Å²) >= 11 is 0. The van der Waals surface area contributed by atoms with Crippen molar-refractivity contribution in [3.05, 3.63) is 12.1 Å². The first-order chi connectivity index (χ1) is 9.64. The van der Waals surface area contributed by atoms with Gasteiger partial charge in [-0.2, -0.15) is 0 Å². The number of rotatable bonds is 7. The Bertz CT molecular complexity index is 369. The minimum absolute atomic E-state index is 0.297. The summed E-state index contributed by atoms with van der Waals surface area (Å²) in [5.74, 6) is 1.94. The molecule has 1 saturated heterocycles. The van der Waals surface area contributed by atoms with Gasteiger partial charge >= 0.3 is 13.2 Å². The molecule has 0 atom stereocenters. The first-order valence-electron chi connectivity index (χ1n) is 7.32. The van der Waals surface area contributed by atoms with Crippen LogP contribution in [0.15, 0.2) is 12.1 Å². The summed E-state index contributed by atoms with van der Waals surface area (Å²) in [7, 11) is 1.67. The Hall–Kier alpha value is -1.05. The fourth-order valence-corrected chi connectivity index (χ4v) is 1.93. The molecular weight excluding hydrogens is 271 g/mol. The predicted molar refractivity (Wildman–Crippen MR) is 83.4 cm³/mol. The number of nitrogens with one attached hydrogen (secondary N) is 1. The molecule has 0 saturated carbocycles. The Morgan fingerprint density at radius 3 is 2.33 bits per heavy atom. The van der Waals surface area contributed by atoms with Gasteiger partial charge in [-0.3, -0.25) is 0 Å². The van der Waals surface area contributed by atoms with Gasteiger partial charge in [-0.1, -0.05) is 12.1 Å². The highest BCUT2D eigenvalue weighted by Gasteiger charge is 2.49. The van der Waals surface area contributed by atoms with Crippen molar-refractivity contribution >= 4 is 13.2 Å². The van der Waals surface area contributed by atoms with Crippen LogP contribution in [0.4, 0.5) is 4.79 Å². The molecule has 0 bridgehead atoms. The molecule has 1 aliphatic heterocycles. The first-order valence-corrected chi connectivity index (χ1v) is 7.32. The molecule has 1 heterocycles. The molecule has 7 heteroatoms. The van der Waals surface area contributed by atoms with Gasteiger partial charge in [0.15, 0.2) is 0 Å². The minimum atomic E-state index is -0.982. The molecule has 0 aliphatic carbocycles. The van der Waals surface area contributed by atoms with E-state index in [-0.39, 0.29) is 18.3 Å². The van der Waals surface area contributed by atoms with Crippen LogP contribution in [0.2, 0.25) is 0 Å². The van der Waals surface area contributed by atoms with E-state index in [1.807, 2.05) is 46.8 Å². The molecule has 1 amide bonds. The van der Waals surface area contributed by atoms with Gasteiger partial charge in [0, 0.05) is 19.6 Å². The van der Waals surface area contributed by atoms with Crippen LogP contribution < -0.4 is 5.32 Å². The molecule has 6 nitrogen and oxygen atoms in total. The molecule has 0 radical (unpaired) electrons. The van der Waals surface area contributed by atoms with Crippen LogP contribution in [0.25, 0.3) is 0 Å². The largest absolute Gasteiger partial charge is 0.486 e.